The van der Waals surface area contributed by atoms with Crippen LogP contribution in [0.4, 0.5) is 26.3 Å². The Labute approximate surface area is 405 Å². The summed E-state index contributed by atoms with van der Waals surface area (Å²) in [6.07, 6.45) is 8.82. The van der Waals surface area contributed by atoms with Gasteiger partial charge in [-0.05, 0) is 62.1 Å². The van der Waals surface area contributed by atoms with Crippen molar-refractivity contribution in [3.05, 3.63) is 108 Å². The van der Waals surface area contributed by atoms with Crippen LogP contribution < -0.4 is 36.4 Å². The van der Waals surface area contributed by atoms with E-state index in [4.69, 9.17) is 0 Å². The van der Waals surface area contributed by atoms with Crippen LogP contribution >= 0.6 is 15.5 Å². The number of benzene rings is 4. The zero-order chi connectivity index (χ0) is 48.6. The molecule has 67 heavy (non-hydrogen) atoms. The lowest BCUT2D eigenvalue weighted by Gasteiger charge is -2.41. The second kappa shape index (κ2) is 26.2. The summed E-state index contributed by atoms with van der Waals surface area (Å²) in [6, 6.07) is 36.7. The average Bonchev–Trinajstić information content (AvgIpc) is 3.34. The predicted octanol–water partition coefficient (Wildman–Crippen LogP) is 16.7. The molecular formula is C56H82F6NP2Si2+. The summed E-state index contributed by atoms with van der Waals surface area (Å²) >= 11 is 0. The van der Waals surface area contributed by atoms with Gasteiger partial charge < -0.3 is 0 Å². The molecular weight excluding hydrogens is 919 g/mol. The van der Waals surface area contributed by atoms with E-state index in [2.05, 4.69) is 94.9 Å². The van der Waals surface area contributed by atoms with E-state index in [1.807, 2.05) is 0 Å². The van der Waals surface area contributed by atoms with E-state index in [1.165, 1.54) is 70.9 Å². The Bertz CT molecular complexity index is 1910. The van der Waals surface area contributed by atoms with Crippen molar-refractivity contribution in [3.63, 3.8) is 0 Å². The third-order valence-electron chi connectivity index (χ3n) is 15.1. The monoisotopic (exact) mass is 1000 g/mol. The fraction of sp³-hybridized carbons (Fsp3) is 0.571. The first-order valence-corrected chi connectivity index (χ1v) is 34.7. The third kappa shape index (κ3) is 13.8. The molecule has 1 aliphatic carbocycles. The van der Waals surface area contributed by atoms with Crippen molar-refractivity contribution < 1.29 is 26.3 Å². The SMILES string of the molecule is CCCC[Si](CCCC)(CCCC)c1cccc([P+](NP(c2ccccc2C(F)(F)F)c2ccccc2C(F)(F)F)(c2cccc([Si](CCCC)(CCCC)CCCC)c2)C2CCCCC2)c1. The molecule has 0 heterocycles. The van der Waals surface area contributed by atoms with Crippen molar-refractivity contribution in [1.82, 2.24) is 4.86 Å². The molecule has 4 aromatic rings. The summed E-state index contributed by atoms with van der Waals surface area (Å²) in [5.41, 5.74) is -1.71. The molecule has 0 unspecified atom stereocenters. The fourth-order valence-corrected chi connectivity index (χ4v) is 31.7. The Morgan fingerprint density at radius 3 is 1.15 bits per heavy atom. The lowest BCUT2D eigenvalue weighted by molar-refractivity contribution is -0.137. The Morgan fingerprint density at radius 1 is 0.478 bits per heavy atom. The minimum Gasteiger partial charge on any atom is -0.166 e. The second-order valence-electron chi connectivity index (χ2n) is 19.8. The first-order valence-electron chi connectivity index (χ1n) is 26.2. The molecule has 0 bridgehead atoms. The Morgan fingerprint density at radius 2 is 0.821 bits per heavy atom. The first-order chi connectivity index (χ1) is 32.2. The lowest BCUT2D eigenvalue weighted by Crippen LogP contribution is -2.51. The van der Waals surface area contributed by atoms with Crippen LogP contribution in [0.2, 0.25) is 36.3 Å². The van der Waals surface area contributed by atoms with E-state index in [9.17, 15) is 0 Å². The van der Waals surface area contributed by atoms with Crippen LogP contribution in [0.5, 0.6) is 0 Å². The zero-order valence-corrected chi connectivity index (χ0v) is 45.5. The van der Waals surface area contributed by atoms with Gasteiger partial charge in [0.1, 0.15) is 10.6 Å². The lowest BCUT2D eigenvalue weighted by atomic mass is 10.0. The molecule has 0 aliphatic heterocycles. The molecule has 0 radical (unpaired) electrons. The second-order valence-corrected chi connectivity index (χ2v) is 34.7. The maximum atomic E-state index is 15.4. The maximum Gasteiger partial charge on any atom is 0.417 e. The van der Waals surface area contributed by atoms with Crippen molar-refractivity contribution in [3.8, 4) is 0 Å². The largest absolute Gasteiger partial charge is 0.417 e. The average molecular weight is 1000 g/mol. The summed E-state index contributed by atoms with van der Waals surface area (Å²) < 4.78 is 92.7. The number of hydrogen-bond acceptors (Lipinski definition) is 1. The van der Waals surface area contributed by atoms with Crippen molar-refractivity contribution >= 4 is 63.2 Å². The summed E-state index contributed by atoms with van der Waals surface area (Å²) in [7, 11) is -9.72. The molecule has 1 N–H and O–H groups in total. The van der Waals surface area contributed by atoms with Crippen LogP contribution in [0.1, 0.15) is 162 Å². The topological polar surface area (TPSA) is 12.0 Å². The molecule has 1 saturated carbocycles. The van der Waals surface area contributed by atoms with Gasteiger partial charge in [-0.1, -0.05) is 232 Å². The number of rotatable bonds is 27. The number of unbranched alkanes of at least 4 members (excludes halogenated alkanes) is 6. The van der Waals surface area contributed by atoms with Crippen molar-refractivity contribution in [1.29, 1.82) is 0 Å². The van der Waals surface area contributed by atoms with Gasteiger partial charge in [0.15, 0.2) is 7.41 Å². The van der Waals surface area contributed by atoms with E-state index in [0.717, 1.165) is 132 Å². The minimum atomic E-state index is -4.77. The van der Waals surface area contributed by atoms with Gasteiger partial charge in [0.25, 0.3) is 0 Å². The highest BCUT2D eigenvalue weighted by molar-refractivity contribution is 7.96. The van der Waals surface area contributed by atoms with Gasteiger partial charge in [-0.2, -0.15) is 31.2 Å². The molecule has 1 aliphatic rings. The van der Waals surface area contributed by atoms with Gasteiger partial charge in [0.2, 0.25) is 0 Å². The molecule has 0 atom stereocenters. The molecule has 1 nitrogen and oxygen atoms in total. The Hall–Kier alpha value is -2.29. The van der Waals surface area contributed by atoms with Gasteiger partial charge in [-0.25, -0.2) is 0 Å². The number of nitrogens with one attached hydrogen (secondary N) is 1. The van der Waals surface area contributed by atoms with E-state index in [-0.39, 0.29) is 16.3 Å². The van der Waals surface area contributed by atoms with Gasteiger partial charge in [-0.3, -0.25) is 0 Å². The molecule has 370 valence electrons. The number of alkyl halides is 6. The highest BCUT2D eigenvalue weighted by atomic mass is 31.2. The third-order valence-corrected chi connectivity index (χ3v) is 33.6. The Kier molecular flexibility index (Phi) is 21.8. The van der Waals surface area contributed by atoms with Crippen LogP contribution in [-0.4, -0.2) is 21.8 Å². The standard InChI is InChI=1S/C56H82F6NP2Si2/c1-7-13-38-66(39-14-8-2,40-15-9-3)49-32-26-30-47(44-49)65(46-28-20-19-21-29-46,48-31-27-33-50(45-48)67(41-16-10-4,42-17-11-5)43-18-12-6)63-64(53-36-24-22-34-51(53)55(57,58)59)54-37-25-23-35-52(54)56(60,61)62/h22-27,30-37,44-46,63H,7-21,28-29,38-43H2,1-6H3/q+1. The van der Waals surface area contributed by atoms with E-state index in [1.54, 1.807) is 12.1 Å². The van der Waals surface area contributed by atoms with E-state index < -0.39 is 55.1 Å². The molecule has 0 amide bonds. The number of halogens is 6. The Balaban J connectivity index is 1.99. The highest BCUT2D eigenvalue weighted by Gasteiger charge is 2.55. The first kappa shape index (κ1) is 55.6. The molecule has 0 spiro atoms. The maximum absolute atomic E-state index is 15.4. The van der Waals surface area contributed by atoms with Gasteiger partial charge >= 0.3 is 12.4 Å². The molecule has 1 fully saturated rings. The van der Waals surface area contributed by atoms with Crippen LogP contribution in [0.15, 0.2) is 97.1 Å². The van der Waals surface area contributed by atoms with Crippen LogP contribution in [0, 0.1) is 0 Å². The van der Waals surface area contributed by atoms with E-state index in [0.29, 0.717) is 0 Å². The molecule has 0 saturated heterocycles. The molecule has 4 aromatic carbocycles. The van der Waals surface area contributed by atoms with Crippen molar-refractivity contribution in [2.75, 3.05) is 0 Å². The predicted molar refractivity (Wildman–Crippen MR) is 287 cm³/mol. The van der Waals surface area contributed by atoms with Gasteiger partial charge in [0, 0.05) is 10.6 Å². The molecule has 0 aromatic heterocycles. The summed E-state index contributed by atoms with van der Waals surface area (Å²) in [4.78, 5) is 4.15. The molecule has 5 rings (SSSR count). The van der Waals surface area contributed by atoms with Gasteiger partial charge in [0.05, 0.1) is 41.0 Å². The summed E-state index contributed by atoms with van der Waals surface area (Å²) in [5, 5.41) is 4.88. The molecule has 11 heteroatoms. The smallest absolute Gasteiger partial charge is 0.166 e. The van der Waals surface area contributed by atoms with Crippen molar-refractivity contribution in [2.24, 2.45) is 0 Å². The number of hydrogen-bond donors (Lipinski definition) is 1. The van der Waals surface area contributed by atoms with Gasteiger partial charge in [-0.15, -0.1) is 0 Å². The van der Waals surface area contributed by atoms with Crippen molar-refractivity contribution in [2.45, 2.75) is 205 Å². The quantitative estimate of drug-likeness (QED) is 0.0357. The zero-order valence-electron chi connectivity index (χ0n) is 41.7. The van der Waals surface area contributed by atoms with E-state index >= 15 is 26.3 Å². The van der Waals surface area contributed by atoms with Crippen LogP contribution in [0.25, 0.3) is 0 Å². The summed E-state index contributed by atoms with van der Waals surface area (Å²) in [5.74, 6) is 0. The minimum absolute atomic E-state index is 0.0313. The van der Waals surface area contributed by atoms with Crippen LogP contribution in [-0.2, 0) is 12.4 Å². The fourth-order valence-electron chi connectivity index (χ4n) is 11.3. The highest BCUT2D eigenvalue weighted by Crippen LogP contribution is 2.66. The van der Waals surface area contributed by atoms with Crippen LogP contribution in [0.3, 0.4) is 0 Å². The normalized spacial score (nSPS) is 14.6. The summed E-state index contributed by atoms with van der Waals surface area (Å²) in [6.45, 7) is 13.6.